The predicted octanol–water partition coefficient (Wildman–Crippen LogP) is 5.78. The molecule has 3 aromatic rings. The van der Waals surface area contributed by atoms with Crippen LogP contribution < -0.4 is 0 Å². The van der Waals surface area contributed by atoms with Crippen molar-refractivity contribution < 1.29 is 28.5 Å². The molecule has 0 amide bonds. The Morgan fingerprint density at radius 2 is 1.24 bits per heavy atom. The van der Waals surface area contributed by atoms with E-state index in [1.54, 1.807) is 11.8 Å². The van der Waals surface area contributed by atoms with Crippen LogP contribution in [0, 0.1) is 0 Å². The lowest BCUT2D eigenvalue weighted by molar-refractivity contribution is -0.248. The van der Waals surface area contributed by atoms with Crippen LogP contribution in [0.25, 0.3) is 0 Å². The van der Waals surface area contributed by atoms with Gasteiger partial charge in [-0.2, -0.15) is 0 Å². The molecule has 0 unspecified atom stereocenters. The summed E-state index contributed by atoms with van der Waals surface area (Å²) in [6, 6.07) is 29.9. The number of rotatable bonds is 13. The maximum atomic E-state index is 12.3. The van der Waals surface area contributed by atoms with E-state index in [4.69, 9.17) is 23.7 Å². The van der Waals surface area contributed by atoms with Crippen molar-refractivity contribution in [1.82, 2.24) is 0 Å². The second-order valence-corrected chi connectivity index (χ2v) is 10.5. The fourth-order valence-corrected chi connectivity index (χ4v) is 5.39. The average molecular weight is 537 g/mol. The minimum absolute atomic E-state index is 0.290. The first-order valence-corrected chi connectivity index (χ1v) is 14.1. The van der Waals surface area contributed by atoms with Crippen LogP contribution in [0.5, 0.6) is 0 Å². The molecule has 4 rings (SSSR count). The van der Waals surface area contributed by atoms with Crippen LogP contribution in [0.15, 0.2) is 91.0 Å². The smallest absolute Gasteiger partial charge is 0.303 e. The van der Waals surface area contributed by atoms with Crippen molar-refractivity contribution in [3.63, 3.8) is 0 Å². The molecule has 1 saturated heterocycles. The highest BCUT2D eigenvalue weighted by molar-refractivity contribution is 7.99. The van der Waals surface area contributed by atoms with Gasteiger partial charge >= 0.3 is 5.97 Å². The van der Waals surface area contributed by atoms with Crippen LogP contribution in [0.3, 0.4) is 0 Å². The first kappa shape index (κ1) is 28.3. The van der Waals surface area contributed by atoms with Crippen molar-refractivity contribution in [2.45, 2.75) is 63.5 Å². The highest BCUT2D eigenvalue weighted by Gasteiger charge is 2.49. The lowest BCUT2D eigenvalue weighted by Crippen LogP contribution is -2.60. The molecule has 0 spiro atoms. The molecule has 1 fully saturated rings. The van der Waals surface area contributed by atoms with Crippen molar-refractivity contribution in [2.24, 2.45) is 0 Å². The zero-order valence-electron chi connectivity index (χ0n) is 21.9. The van der Waals surface area contributed by atoms with E-state index in [-0.39, 0.29) is 18.0 Å². The minimum Gasteiger partial charge on any atom is -0.457 e. The van der Waals surface area contributed by atoms with Gasteiger partial charge in [0.25, 0.3) is 0 Å². The number of esters is 1. The van der Waals surface area contributed by atoms with E-state index in [0.717, 1.165) is 22.4 Å². The number of ether oxygens (including phenoxy) is 5. The molecule has 5 atom stereocenters. The molecule has 0 saturated carbocycles. The number of carbonyl (C=O) groups is 1. The monoisotopic (exact) mass is 536 g/mol. The number of benzene rings is 3. The lowest BCUT2D eigenvalue weighted by Gasteiger charge is -2.45. The summed E-state index contributed by atoms with van der Waals surface area (Å²) in [5.74, 6) is 0.429. The first-order valence-electron chi connectivity index (χ1n) is 13.0. The highest BCUT2D eigenvalue weighted by atomic mass is 32.2. The second-order valence-electron chi connectivity index (χ2n) is 9.10. The van der Waals surface area contributed by atoms with E-state index in [1.165, 1.54) is 6.92 Å². The molecule has 1 aliphatic rings. The van der Waals surface area contributed by atoms with Gasteiger partial charge in [-0.3, -0.25) is 4.79 Å². The fourth-order valence-electron chi connectivity index (χ4n) is 4.41. The van der Waals surface area contributed by atoms with Crippen molar-refractivity contribution in [2.75, 3.05) is 12.4 Å². The first-order chi connectivity index (χ1) is 18.6. The summed E-state index contributed by atoms with van der Waals surface area (Å²) in [6.45, 7) is 4.94. The molecule has 0 aliphatic carbocycles. The van der Waals surface area contributed by atoms with Crippen molar-refractivity contribution in [3.05, 3.63) is 108 Å². The Labute approximate surface area is 229 Å². The average Bonchev–Trinajstić information content (AvgIpc) is 2.94. The third kappa shape index (κ3) is 8.41. The number of hydrogen-bond acceptors (Lipinski definition) is 7. The molecule has 0 aromatic heterocycles. The van der Waals surface area contributed by atoms with Gasteiger partial charge in [-0.25, -0.2) is 0 Å². The normalized spacial score (nSPS) is 23.2. The third-order valence-corrected chi connectivity index (χ3v) is 7.23. The van der Waals surface area contributed by atoms with Gasteiger partial charge in [-0.15, -0.1) is 11.8 Å². The predicted molar refractivity (Wildman–Crippen MR) is 148 cm³/mol. The van der Waals surface area contributed by atoms with E-state index in [2.05, 4.69) is 6.92 Å². The van der Waals surface area contributed by atoms with Gasteiger partial charge in [0.1, 0.15) is 23.7 Å². The van der Waals surface area contributed by atoms with Gasteiger partial charge in [0.05, 0.1) is 26.4 Å². The van der Waals surface area contributed by atoms with Crippen molar-refractivity contribution in [3.8, 4) is 0 Å². The standard InChI is InChI=1S/C31H36O6S/c1-3-38-31-30(35-21-26-17-11-6-12-18-26)29(36-23(2)32)28(34-20-25-15-9-5-10-16-25)27(37-31)22-33-19-24-13-7-4-8-14-24/h4-18,27-31H,3,19-22H2,1-2H3/t27-,28-,29+,30-,31+/m1/s1. The number of hydrogen-bond donors (Lipinski definition) is 0. The Morgan fingerprint density at radius 3 is 1.74 bits per heavy atom. The molecule has 3 aromatic carbocycles. The van der Waals surface area contributed by atoms with Crippen molar-refractivity contribution >= 4 is 17.7 Å². The zero-order valence-corrected chi connectivity index (χ0v) is 22.8. The van der Waals surface area contributed by atoms with Gasteiger partial charge in [-0.05, 0) is 22.4 Å². The van der Waals surface area contributed by atoms with Crippen molar-refractivity contribution in [1.29, 1.82) is 0 Å². The Balaban J connectivity index is 1.56. The Kier molecular flexibility index (Phi) is 11.2. The zero-order chi connectivity index (χ0) is 26.6. The van der Waals surface area contributed by atoms with Crippen LogP contribution in [0.4, 0.5) is 0 Å². The summed E-state index contributed by atoms with van der Waals surface area (Å²) in [7, 11) is 0. The molecule has 38 heavy (non-hydrogen) atoms. The van der Waals surface area contributed by atoms with E-state index < -0.39 is 24.4 Å². The van der Waals surface area contributed by atoms with E-state index in [1.807, 2.05) is 91.0 Å². The van der Waals surface area contributed by atoms with Gasteiger partial charge in [0.15, 0.2) is 6.10 Å². The van der Waals surface area contributed by atoms with Crippen LogP contribution in [0.1, 0.15) is 30.5 Å². The minimum atomic E-state index is -0.664. The molecule has 0 radical (unpaired) electrons. The van der Waals surface area contributed by atoms with E-state index in [0.29, 0.717) is 19.8 Å². The molecule has 6 nitrogen and oxygen atoms in total. The van der Waals surface area contributed by atoms with Gasteiger partial charge in [0, 0.05) is 6.92 Å². The van der Waals surface area contributed by atoms with E-state index in [9.17, 15) is 4.79 Å². The maximum absolute atomic E-state index is 12.3. The topological polar surface area (TPSA) is 63.2 Å². The van der Waals surface area contributed by atoms with Gasteiger partial charge in [-0.1, -0.05) is 97.9 Å². The molecule has 0 bridgehead atoms. The van der Waals surface area contributed by atoms with Crippen LogP contribution in [-0.2, 0) is 48.3 Å². The molecule has 202 valence electrons. The van der Waals surface area contributed by atoms with Gasteiger partial charge in [0.2, 0.25) is 0 Å². The molecular weight excluding hydrogens is 500 g/mol. The molecule has 1 heterocycles. The van der Waals surface area contributed by atoms with Crippen LogP contribution in [-0.4, -0.2) is 48.2 Å². The quantitative estimate of drug-likeness (QED) is 0.257. The molecule has 0 N–H and O–H groups in total. The summed E-state index contributed by atoms with van der Waals surface area (Å²) in [6.07, 6.45) is -2.21. The Morgan fingerprint density at radius 1 is 0.737 bits per heavy atom. The maximum Gasteiger partial charge on any atom is 0.303 e. The lowest BCUT2D eigenvalue weighted by atomic mass is 9.99. The third-order valence-electron chi connectivity index (χ3n) is 6.19. The summed E-state index contributed by atoms with van der Waals surface area (Å²) >= 11 is 1.63. The summed E-state index contributed by atoms with van der Waals surface area (Å²) < 4.78 is 31.4. The Hall–Kier alpha value is -2.68. The second kappa shape index (κ2) is 15.0. The SMILES string of the molecule is CCS[C@@H]1O[C@H](COCc2ccccc2)[C@@H](OCc2ccccc2)[C@H](OC(C)=O)[C@H]1OCc1ccccc1. The van der Waals surface area contributed by atoms with Crippen LogP contribution >= 0.6 is 11.8 Å². The Bertz CT molecular complexity index is 1080. The summed E-state index contributed by atoms with van der Waals surface area (Å²) in [4.78, 5) is 12.3. The van der Waals surface area contributed by atoms with Gasteiger partial charge < -0.3 is 23.7 Å². The largest absolute Gasteiger partial charge is 0.457 e. The highest BCUT2D eigenvalue weighted by Crippen LogP contribution is 2.35. The molecule has 1 aliphatic heterocycles. The van der Waals surface area contributed by atoms with Crippen LogP contribution in [0.2, 0.25) is 0 Å². The van der Waals surface area contributed by atoms with E-state index >= 15 is 0 Å². The number of thioether (sulfide) groups is 1. The molecular formula is C31H36O6S. The molecule has 7 heteroatoms. The summed E-state index contributed by atoms with van der Waals surface area (Å²) in [5.41, 5.74) is 2.77. The number of carbonyl (C=O) groups excluding carboxylic acids is 1. The fraction of sp³-hybridized carbons (Fsp3) is 0.387. The summed E-state index contributed by atoms with van der Waals surface area (Å²) in [5, 5.41) is 0.